The van der Waals surface area contributed by atoms with Gasteiger partial charge in [-0.05, 0) is 67.4 Å². The Morgan fingerprint density at radius 1 is 1.12 bits per heavy atom. The Kier molecular flexibility index (Phi) is 8.49. The number of ether oxygens (including phenoxy) is 1. The zero-order valence-electron chi connectivity index (χ0n) is 21.4. The Balaban J connectivity index is 1.15. The molecule has 0 bridgehead atoms. The average Bonchev–Trinajstić information content (AvgIpc) is 3.24. The van der Waals surface area contributed by atoms with Gasteiger partial charge in [0.05, 0.1) is 22.0 Å². The number of amides is 2. The van der Waals surface area contributed by atoms with E-state index >= 15 is 0 Å². The first-order valence-electron chi connectivity index (χ1n) is 12.7. The maximum absolute atomic E-state index is 14.4. The maximum atomic E-state index is 14.4. The van der Waals surface area contributed by atoms with Crippen molar-refractivity contribution in [1.29, 1.82) is 0 Å². The standard InChI is InChI=1S/C27H24F4N6O3S/c28-17-11-19(34-21(12-17)20-3-1-2-4-22(20)40-27(29,30)31)15-32-14-16-6-9-37(10-7-16)25-33-8-5-18(35-25)13-23-24(38)36-26(39)41-23/h1-5,8,11-13,16,32H,6-7,9-10,14-15H2,(H,36,38,39)/b23-13-. The average molecular weight is 589 g/mol. The Labute approximate surface area is 236 Å². The molecule has 41 heavy (non-hydrogen) atoms. The molecule has 0 radical (unpaired) electrons. The maximum Gasteiger partial charge on any atom is 0.573 e. The van der Waals surface area contributed by atoms with Crippen LogP contribution < -0.4 is 20.3 Å². The van der Waals surface area contributed by atoms with E-state index in [1.807, 2.05) is 4.90 Å². The van der Waals surface area contributed by atoms with Gasteiger partial charge in [-0.15, -0.1) is 13.2 Å². The third kappa shape index (κ3) is 7.58. The molecule has 2 saturated heterocycles. The number of para-hydroxylation sites is 1. The summed E-state index contributed by atoms with van der Waals surface area (Å²) in [6.07, 6.45) is -0.0305. The molecule has 2 amide bonds. The van der Waals surface area contributed by atoms with Crippen molar-refractivity contribution >= 4 is 34.9 Å². The molecule has 5 rings (SSSR count). The number of aromatic nitrogens is 3. The van der Waals surface area contributed by atoms with Crippen molar-refractivity contribution in [2.75, 3.05) is 24.5 Å². The highest BCUT2D eigenvalue weighted by Crippen LogP contribution is 2.33. The summed E-state index contributed by atoms with van der Waals surface area (Å²) in [5.41, 5.74) is 0.973. The van der Waals surface area contributed by atoms with Gasteiger partial charge in [-0.3, -0.25) is 19.9 Å². The van der Waals surface area contributed by atoms with Crippen LogP contribution >= 0.6 is 11.8 Å². The highest BCUT2D eigenvalue weighted by atomic mass is 32.2. The number of carbonyl (C=O) groups is 2. The summed E-state index contributed by atoms with van der Waals surface area (Å²) in [6.45, 7) is 2.29. The number of hydrogen-bond acceptors (Lipinski definition) is 9. The highest BCUT2D eigenvalue weighted by molar-refractivity contribution is 8.18. The molecule has 0 aliphatic carbocycles. The molecule has 2 N–H and O–H groups in total. The van der Waals surface area contributed by atoms with E-state index in [0.717, 1.165) is 36.7 Å². The third-order valence-electron chi connectivity index (χ3n) is 6.45. The monoisotopic (exact) mass is 588 g/mol. The largest absolute Gasteiger partial charge is 0.573 e. The molecular formula is C27H24F4N6O3S. The van der Waals surface area contributed by atoms with E-state index < -0.39 is 29.1 Å². The number of hydrogen-bond donors (Lipinski definition) is 2. The lowest BCUT2D eigenvalue weighted by Gasteiger charge is -2.32. The van der Waals surface area contributed by atoms with Crippen LogP contribution in [0.4, 0.5) is 28.3 Å². The quantitative estimate of drug-likeness (QED) is 0.280. The third-order valence-corrected chi connectivity index (χ3v) is 7.26. The molecule has 2 aliphatic heterocycles. The van der Waals surface area contributed by atoms with Gasteiger partial charge >= 0.3 is 6.36 Å². The first kappa shape index (κ1) is 28.5. The fourth-order valence-electron chi connectivity index (χ4n) is 4.56. The van der Waals surface area contributed by atoms with Crippen molar-refractivity contribution in [1.82, 2.24) is 25.6 Å². The van der Waals surface area contributed by atoms with E-state index in [4.69, 9.17) is 0 Å². The molecule has 3 aromatic rings. The molecule has 0 atom stereocenters. The number of nitrogens with zero attached hydrogens (tertiary/aromatic N) is 4. The molecule has 0 unspecified atom stereocenters. The van der Waals surface area contributed by atoms with Gasteiger partial charge in [0, 0.05) is 37.5 Å². The number of carbonyl (C=O) groups excluding carboxylic acids is 2. The summed E-state index contributed by atoms with van der Waals surface area (Å²) in [4.78, 5) is 38.7. The fourth-order valence-corrected chi connectivity index (χ4v) is 5.23. The normalized spacial score (nSPS) is 17.3. The Morgan fingerprint density at radius 3 is 2.63 bits per heavy atom. The minimum absolute atomic E-state index is 0.0409. The number of imide groups is 1. The van der Waals surface area contributed by atoms with Gasteiger partial charge in [-0.1, -0.05) is 12.1 Å². The lowest BCUT2D eigenvalue weighted by molar-refractivity contribution is -0.274. The van der Waals surface area contributed by atoms with Crippen molar-refractivity contribution in [2.24, 2.45) is 5.92 Å². The number of nitrogens with one attached hydrogen (secondary N) is 2. The lowest BCUT2D eigenvalue weighted by Crippen LogP contribution is -2.38. The van der Waals surface area contributed by atoms with Crippen LogP contribution in [0.15, 0.2) is 53.6 Å². The molecule has 0 saturated carbocycles. The van der Waals surface area contributed by atoms with E-state index in [-0.39, 0.29) is 22.7 Å². The van der Waals surface area contributed by atoms with Crippen LogP contribution in [0.5, 0.6) is 5.75 Å². The molecule has 4 heterocycles. The summed E-state index contributed by atoms with van der Waals surface area (Å²) < 4.78 is 56.9. The zero-order valence-corrected chi connectivity index (χ0v) is 22.3. The number of thioether (sulfide) groups is 1. The van der Waals surface area contributed by atoms with E-state index in [2.05, 4.69) is 30.3 Å². The van der Waals surface area contributed by atoms with Crippen molar-refractivity contribution < 1.29 is 31.9 Å². The summed E-state index contributed by atoms with van der Waals surface area (Å²) >= 11 is 0.828. The molecule has 14 heteroatoms. The molecule has 2 aliphatic rings. The van der Waals surface area contributed by atoms with Crippen molar-refractivity contribution in [3.05, 3.63) is 70.8 Å². The van der Waals surface area contributed by atoms with Gasteiger partial charge in [-0.2, -0.15) is 0 Å². The Morgan fingerprint density at radius 2 is 1.90 bits per heavy atom. The molecule has 214 valence electrons. The number of pyridine rings is 1. The van der Waals surface area contributed by atoms with E-state index in [0.29, 0.717) is 42.9 Å². The van der Waals surface area contributed by atoms with Gasteiger partial charge in [0.1, 0.15) is 11.6 Å². The number of anilines is 1. The molecule has 2 aromatic heterocycles. The number of piperidine rings is 1. The SMILES string of the molecule is O=C1NC(=O)/C(=C/c2ccnc(N3CCC(CNCc4cc(F)cc(-c5ccccc5OC(F)(F)F)n4)CC3)n2)S1. The highest BCUT2D eigenvalue weighted by Gasteiger charge is 2.32. The molecule has 9 nitrogen and oxygen atoms in total. The predicted octanol–water partition coefficient (Wildman–Crippen LogP) is 4.91. The van der Waals surface area contributed by atoms with E-state index in [1.165, 1.54) is 24.3 Å². The summed E-state index contributed by atoms with van der Waals surface area (Å²) in [6, 6.07) is 9.47. The Hall–Kier alpha value is -4.04. The van der Waals surface area contributed by atoms with Crippen LogP contribution in [0, 0.1) is 11.7 Å². The minimum atomic E-state index is -4.88. The molecule has 1 aromatic carbocycles. The number of benzene rings is 1. The second kappa shape index (κ2) is 12.2. The molecule has 2 fully saturated rings. The number of halogens is 4. The summed E-state index contributed by atoms with van der Waals surface area (Å²) in [5.74, 6) is -0.646. The van der Waals surface area contributed by atoms with Crippen LogP contribution in [-0.2, 0) is 11.3 Å². The van der Waals surface area contributed by atoms with Crippen LogP contribution in [0.2, 0.25) is 0 Å². The topological polar surface area (TPSA) is 109 Å². The van der Waals surface area contributed by atoms with E-state index in [9.17, 15) is 27.2 Å². The van der Waals surface area contributed by atoms with Gasteiger partial charge in [0.25, 0.3) is 11.1 Å². The van der Waals surface area contributed by atoms with Gasteiger partial charge in [-0.25, -0.2) is 14.4 Å². The number of rotatable bonds is 8. The fraction of sp³-hybridized carbons (Fsp3) is 0.296. The van der Waals surface area contributed by atoms with Crippen LogP contribution in [0.3, 0.4) is 0 Å². The smallest absolute Gasteiger partial charge is 0.405 e. The van der Waals surface area contributed by atoms with Crippen molar-refractivity contribution in [3.63, 3.8) is 0 Å². The summed E-state index contributed by atoms with van der Waals surface area (Å²) in [5, 5.41) is 5.07. The minimum Gasteiger partial charge on any atom is -0.405 e. The van der Waals surface area contributed by atoms with Crippen LogP contribution in [0.1, 0.15) is 24.2 Å². The van der Waals surface area contributed by atoms with E-state index in [1.54, 1.807) is 18.3 Å². The first-order valence-corrected chi connectivity index (χ1v) is 13.5. The van der Waals surface area contributed by atoms with Gasteiger partial charge < -0.3 is 15.0 Å². The second-order valence-corrected chi connectivity index (χ2v) is 10.4. The second-order valence-electron chi connectivity index (χ2n) is 9.40. The lowest BCUT2D eigenvalue weighted by atomic mass is 9.97. The predicted molar refractivity (Wildman–Crippen MR) is 144 cm³/mol. The van der Waals surface area contributed by atoms with Crippen molar-refractivity contribution in [2.45, 2.75) is 25.7 Å². The molecular weight excluding hydrogens is 564 g/mol. The van der Waals surface area contributed by atoms with Gasteiger partial charge in [0.2, 0.25) is 5.95 Å². The van der Waals surface area contributed by atoms with Gasteiger partial charge in [0.15, 0.2) is 0 Å². The van der Waals surface area contributed by atoms with Crippen LogP contribution in [0.25, 0.3) is 17.3 Å². The zero-order chi connectivity index (χ0) is 29.0. The molecule has 0 spiro atoms. The first-order chi connectivity index (χ1) is 19.6. The number of alkyl halides is 3. The summed E-state index contributed by atoms with van der Waals surface area (Å²) in [7, 11) is 0. The Bertz CT molecular complexity index is 1480. The van der Waals surface area contributed by atoms with Crippen LogP contribution in [-0.4, -0.2) is 52.1 Å². The van der Waals surface area contributed by atoms with Crippen molar-refractivity contribution in [3.8, 4) is 17.0 Å².